The monoisotopic (exact) mass is 398 g/mol. The van der Waals surface area contributed by atoms with Crippen LogP contribution in [0.2, 0.25) is 0 Å². The van der Waals surface area contributed by atoms with Crippen LogP contribution in [-0.2, 0) is 11.3 Å². The van der Waals surface area contributed by atoms with Gasteiger partial charge in [0.2, 0.25) is 0 Å². The van der Waals surface area contributed by atoms with Gasteiger partial charge >= 0.3 is 6.09 Å². The molecule has 1 fully saturated rings. The van der Waals surface area contributed by atoms with Crippen molar-refractivity contribution in [1.82, 2.24) is 14.8 Å². The first-order chi connectivity index (χ1) is 14.1. The quantitative estimate of drug-likeness (QED) is 0.805. The summed E-state index contributed by atoms with van der Waals surface area (Å²) in [5.74, 6) is 1.38. The molecule has 0 radical (unpaired) electrons. The van der Waals surface area contributed by atoms with Crippen molar-refractivity contribution in [2.75, 3.05) is 45.2 Å². The van der Waals surface area contributed by atoms with Gasteiger partial charge in [-0.25, -0.2) is 9.78 Å². The number of nitrogens with zero attached hydrogens (tertiary/aromatic N) is 3. The number of amides is 2. The van der Waals surface area contributed by atoms with E-state index in [4.69, 9.17) is 9.47 Å². The number of hydrogen-bond acceptors (Lipinski definition) is 6. The van der Waals surface area contributed by atoms with Crippen molar-refractivity contribution < 1.29 is 19.1 Å². The van der Waals surface area contributed by atoms with Crippen LogP contribution in [0.5, 0.6) is 5.75 Å². The highest BCUT2D eigenvalue weighted by atomic mass is 16.6. The van der Waals surface area contributed by atoms with Crippen LogP contribution in [0.1, 0.15) is 22.8 Å². The van der Waals surface area contributed by atoms with Gasteiger partial charge in [0.1, 0.15) is 11.6 Å². The van der Waals surface area contributed by atoms with Crippen molar-refractivity contribution in [3.63, 3.8) is 0 Å². The molecule has 0 saturated carbocycles. The van der Waals surface area contributed by atoms with Crippen LogP contribution in [0.25, 0.3) is 0 Å². The van der Waals surface area contributed by atoms with Crippen molar-refractivity contribution in [3.05, 3.63) is 53.7 Å². The summed E-state index contributed by atoms with van der Waals surface area (Å²) in [7, 11) is 1.64. The highest BCUT2D eigenvalue weighted by molar-refractivity contribution is 5.95. The summed E-state index contributed by atoms with van der Waals surface area (Å²) in [6.45, 7) is 4.62. The maximum Gasteiger partial charge on any atom is 0.409 e. The Morgan fingerprint density at radius 1 is 1.07 bits per heavy atom. The second-order valence-electron chi connectivity index (χ2n) is 6.61. The first-order valence-electron chi connectivity index (χ1n) is 9.64. The maximum absolute atomic E-state index is 12.8. The summed E-state index contributed by atoms with van der Waals surface area (Å²) in [6.07, 6.45) is 1.30. The van der Waals surface area contributed by atoms with E-state index in [9.17, 15) is 9.59 Å². The van der Waals surface area contributed by atoms with Crippen LogP contribution in [0, 0.1) is 0 Å². The minimum Gasteiger partial charge on any atom is -0.497 e. The Hall–Kier alpha value is -3.29. The van der Waals surface area contributed by atoms with Gasteiger partial charge in [0.25, 0.3) is 5.91 Å². The van der Waals surface area contributed by atoms with Gasteiger partial charge in [0, 0.05) is 44.5 Å². The van der Waals surface area contributed by atoms with E-state index in [2.05, 4.69) is 10.3 Å². The smallest absolute Gasteiger partial charge is 0.409 e. The number of pyridine rings is 1. The maximum atomic E-state index is 12.8. The van der Waals surface area contributed by atoms with E-state index in [1.807, 2.05) is 24.3 Å². The summed E-state index contributed by atoms with van der Waals surface area (Å²) >= 11 is 0. The molecule has 0 spiro atoms. The van der Waals surface area contributed by atoms with Gasteiger partial charge in [0.05, 0.1) is 13.7 Å². The Morgan fingerprint density at radius 2 is 1.76 bits per heavy atom. The molecule has 1 aliphatic rings. The van der Waals surface area contributed by atoms with Gasteiger partial charge < -0.3 is 24.6 Å². The molecule has 1 aromatic carbocycles. The Labute approximate surface area is 170 Å². The number of carbonyl (C=O) groups is 2. The van der Waals surface area contributed by atoms with Crippen LogP contribution in [0.15, 0.2) is 42.6 Å². The number of carbonyl (C=O) groups excluding carboxylic acids is 2. The van der Waals surface area contributed by atoms with Gasteiger partial charge in [-0.3, -0.25) is 4.79 Å². The number of benzene rings is 1. The van der Waals surface area contributed by atoms with E-state index >= 15 is 0 Å². The Bertz CT molecular complexity index is 833. The normalized spacial score (nSPS) is 13.7. The van der Waals surface area contributed by atoms with Crippen molar-refractivity contribution in [3.8, 4) is 5.75 Å². The zero-order chi connectivity index (χ0) is 20.6. The third kappa shape index (κ3) is 5.37. The largest absolute Gasteiger partial charge is 0.497 e. The molecular weight excluding hydrogens is 372 g/mol. The average Bonchev–Trinajstić information content (AvgIpc) is 2.78. The number of hydrogen-bond donors (Lipinski definition) is 1. The third-order valence-corrected chi connectivity index (χ3v) is 4.73. The fourth-order valence-corrected chi connectivity index (χ4v) is 3.09. The molecule has 0 atom stereocenters. The van der Waals surface area contributed by atoms with Gasteiger partial charge in [0.15, 0.2) is 0 Å². The van der Waals surface area contributed by atoms with Crippen molar-refractivity contribution in [2.24, 2.45) is 0 Å². The summed E-state index contributed by atoms with van der Waals surface area (Å²) in [5.41, 5.74) is 1.65. The zero-order valence-corrected chi connectivity index (χ0v) is 16.8. The average molecular weight is 398 g/mol. The van der Waals surface area contributed by atoms with Crippen molar-refractivity contribution in [2.45, 2.75) is 13.5 Å². The predicted octanol–water partition coefficient (Wildman–Crippen LogP) is 2.62. The molecule has 8 heteroatoms. The third-order valence-electron chi connectivity index (χ3n) is 4.73. The molecule has 8 nitrogen and oxygen atoms in total. The predicted molar refractivity (Wildman–Crippen MR) is 109 cm³/mol. The number of rotatable bonds is 6. The lowest BCUT2D eigenvalue weighted by atomic mass is 10.2. The van der Waals surface area contributed by atoms with Crippen molar-refractivity contribution in [1.29, 1.82) is 0 Å². The second kappa shape index (κ2) is 9.77. The molecule has 2 heterocycles. The lowest BCUT2D eigenvalue weighted by Gasteiger charge is -2.34. The van der Waals surface area contributed by atoms with Crippen LogP contribution >= 0.6 is 0 Å². The highest BCUT2D eigenvalue weighted by Gasteiger charge is 2.25. The molecule has 0 aliphatic carbocycles. The Kier molecular flexibility index (Phi) is 6.89. The fourth-order valence-electron chi connectivity index (χ4n) is 3.09. The zero-order valence-electron chi connectivity index (χ0n) is 16.8. The lowest BCUT2D eigenvalue weighted by molar-refractivity contribution is 0.0570. The number of piperazine rings is 1. The number of anilines is 1. The molecule has 1 aliphatic heterocycles. The number of ether oxygens (including phenoxy) is 2. The molecule has 154 valence electrons. The molecule has 3 rings (SSSR count). The highest BCUT2D eigenvalue weighted by Crippen LogP contribution is 2.15. The molecule has 2 amide bonds. The first-order valence-corrected chi connectivity index (χ1v) is 9.64. The van der Waals surface area contributed by atoms with E-state index < -0.39 is 0 Å². The van der Waals surface area contributed by atoms with E-state index in [0.717, 1.165) is 11.3 Å². The Balaban J connectivity index is 1.56. The lowest BCUT2D eigenvalue weighted by Crippen LogP contribution is -2.50. The molecule has 29 heavy (non-hydrogen) atoms. The van der Waals surface area contributed by atoms with E-state index in [0.29, 0.717) is 50.7 Å². The van der Waals surface area contributed by atoms with Crippen LogP contribution in [-0.4, -0.2) is 66.7 Å². The number of aromatic nitrogens is 1. The minimum atomic E-state index is -0.325. The van der Waals surface area contributed by atoms with E-state index in [1.54, 1.807) is 42.2 Å². The molecular formula is C21H26N4O4. The summed E-state index contributed by atoms with van der Waals surface area (Å²) in [6, 6.07) is 11.2. The molecule has 1 N–H and O–H groups in total. The molecule has 0 unspecified atom stereocenters. The number of nitrogens with one attached hydrogen (secondary N) is 1. The van der Waals surface area contributed by atoms with Gasteiger partial charge in [-0.05, 0) is 36.8 Å². The topological polar surface area (TPSA) is 84.0 Å². The van der Waals surface area contributed by atoms with Crippen LogP contribution in [0.4, 0.5) is 10.6 Å². The van der Waals surface area contributed by atoms with Gasteiger partial charge in [-0.1, -0.05) is 12.1 Å². The summed E-state index contributed by atoms with van der Waals surface area (Å²) < 4.78 is 10.2. The SMILES string of the molecule is CCOC(=O)N1CCN(C(=O)c2ccnc(NCc3ccc(OC)cc3)c2)CC1. The van der Waals surface area contributed by atoms with Crippen molar-refractivity contribution >= 4 is 17.8 Å². The van der Waals surface area contributed by atoms with E-state index in [-0.39, 0.29) is 12.0 Å². The van der Waals surface area contributed by atoms with Crippen LogP contribution < -0.4 is 10.1 Å². The molecule has 2 aromatic rings. The second-order valence-corrected chi connectivity index (χ2v) is 6.61. The summed E-state index contributed by atoms with van der Waals surface area (Å²) in [5, 5.41) is 3.24. The fraction of sp³-hybridized carbons (Fsp3) is 0.381. The Morgan fingerprint density at radius 3 is 2.41 bits per heavy atom. The van der Waals surface area contributed by atoms with E-state index in [1.165, 1.54) is 0 Å². The van der Waals surface area contributed by atoms with Crippen LogP contribution in [0.3, 0.4) is 0 Å². The molecule has 0 bridgehead atoms. The minimum absolute atomic E-state index is 0.0663. The summed E-state index contributed by atoms with van der Waals surface area (Å²) in [4.78, 5) is 32.3. The number of methoxy groups -OCH3 is 1. The van der Waals surface area contributed by atoms with Gasteiger partial charge in [-0.2, -0.15) is 0 Å². The molecule has 1 saturated heterocycles. The van der Waals surface area contributed by atoms with Gasteiger partial charge in [-0.15, -0.1) is 0 Å². The first kappa shape index (κ1) is 20.4. The molecule has 1 aromatic heterocycles. The standard InChI is InChI=1S/C21H26N4O4/c1-3-29-21(27)25-12-10-24(11-13-25)20(26)17-8-9-22-19(14-17)23-15-16-4-6-18(28-2)7-5-16/h4-9,14H,3,10-13,15H2,1-2H3,(H,22,23).